The third-order valence-electron chi connectivity index (χ3n) is 5.75. The van der Waals surface area contributed by atoms with E-state index >= 15 is 0 Å². The standard InChI is InChI=1S/C20H30N4O4S/c25-17(26)11-12-21-18(27)16-13-29-19(22-16)23-20(28)24(14-7-3-1-4-8-14)15-9-5-2-6-10-15/h13-15H,1-12H2,(H,21,27)(H,25,26)(H,22,23,28). The molecule has 3 amide bonds. The second-order valence-electron chi connectivity index (χ2n) is 7.86. The summed E-state index contributed by atoms with van der Waals surface area (Å²) in [6, 6.07) is 0.451. The highest BCUT2D eigenvalue weighted by Gasteiger charge is 2.32. The van der Waals surface area contributed by atoms with Crippen molar-refractivity contribution in [1.29, 1.82) is 0 Å². The Hall–Kier alpha value is -2.16. The quantitative estimate of drug-likeness (QED) is 0.618. The van der Waals surface area contributed by atoms with Crippen LogP contribution in [0.3, 0.4) is 0 Å². The molecule has 0 saturated heterocycles. The summed E-state index contributed by atoms with van der Waals surface area (Å²) >= 11 is 1.21. The van der Waals surface area contributed by atoms with Crippen molar-refractivity contribution in [1.82, 2.24) is 15.2 Å². The van der Waals surface area contributed by atoms with Gasteiger partial charge in [0.2, 0.25) is 0 Å². The van der Waals surface area contributed by atoms with Crippen molar-refractivity contribution in [3.63, 3.8) is 0 Å². The SMILES string of the molecule is O=C(O)CCNC(=O)c1csc(NC(=O)N(C2CCCCC2)C2CCCCC2)n1. The van der Waals surface area contributed by atoms with Gasteiger partial charge in [-0.2, -0.15) is 0 Å². The molecule has 29 heavy (non-hydrogen) atoms. The van der Waals surface area contributed by atoms with Crippen LogP contribution in [0.25, 0.3) is 0 Å². The average Bonchev–Trinajstić information content (AvgIpc) is 3.18. The molecule has 2 aliphatic carbocycles. The van der Waals surface area contributed by atoms with Crippen LogP contribution in [0.4, 0.5) is 9.93 Å². The van der Waals surface area contributed by atoms with Crippen molar-refractivity contribution in [2.24, 2.45) is 0 Å². The Morgan fingerprint density at radius 2 is 1.62 bits per heavy atom. The summed E-state index contributed by atoms with van der Waals surface area (Å²) in [4.78, 5) is 42.1. The first-order valence-corrected chi connectivity index (χ1v) is 11.5. The number of carboxylic acid groups (broad SMARTS) is 1. The number of hydrogen-bond acceptors (Lipinski definition) is 5. The first-order valence-electron chi connectivity index (χ1n) is 10.6. The zero-order valence-corrected chi connectivity index (χ0v) is 17.5. The lowest BCUT2D eigenvalue weighted by Gasteiger charge is -2.41. The zero-order chi connectivity index (χ0) is 20.6. The molecule has 0 bridgehead atoms. The van der Waals surface area contributed by atoms with E-state index in [2.05, 4.69) is 20.5 Å². The largest absolute Gasteiger partial charge is 0.481 e. The monoisotopic (exact) mass is 422 g/mol. The van der Waals surface area contributed by atoms with E-state index in [0.717, 1.165) is 25.7 Å². The number of carbonyl (C=O) groups excluding carboxylic acids is 2. The number of thiazole rings is 1. The van der Waals surface area contributed by atoms with Crippen LogP contribution < -0.4 is 10.6 Å². The summed E-state index contributed by atoms with van der Waals surface area (Å²) in [5.41, 5.74) is 0.192. The highest BCUT2D eigenvalue weighted by atomic mass is 32.1. The van der Waals surface area contributed by atoms with Crippen molar-refractivity contribution in [3.05, 3.63) is 11.1 Å². The number of aromatic nitrogens is 1. The van der Waals surface area contributed by atoms with E-state index in [1.807, 2.05) is 0 Å². The number of amides is 3. The molecule has 8 nitrogen and oxygen atoms in total. The molecule has 2 aliphatic rings. The molecular formula is C20H30N4O4S. The molecule has 1 heterocycles. The zero-order valence-electron chi connectivity index (χ0n) is 16.7. The minimum Gasteiger partial charge on any atom is -0.481 e. The summed E-state index contributed by atoms with van der Waals surface area (Å²) in [5.74, 6) is -1.40. The third-order valence-corrected chi connectivity index (χ3v) is 6.50. The fraction of sp³-hybridized carbons (Fsp3) is 0.700. The van der Waals surface area contributed by atoms with Crippen LogP contribution in [-0.2, 0) is 4.79 Å². The van der Waals surface area contributed by atoms with Crippen LogP contribution in [0, 0.1) is 0 Å². The molecule has 3 rings (SSSR count). The number of nitrogens with one attached hydrogen (secondary N) is 2. The maximum absolute atomic E-state index is 13.2. The molecular weight excluding hydrogens is 392 g/mol. The van der Waals surface area contributed by atoms with E-state index in [1.54, 1.807) is 5.38 Å². The maximum Gasteiger partial charge on any atom is 0.324 e. The van der Waals surface area contributed by atoms with Crippen LogP contribution in [0.1, 0.15) is 81.1 Å². The number of urea groups is 1. The number of rotatable bonds is 7. The van der Waals surface area contributed by atoms with Crippen LogP contribution in [0.2, 0.25) is 0 Å². The van der Waals surface area contributed by atoms with E-state index in [4.69, 9.17) is 5.11 Å². The summed E-state index contributed by atoms with van der Waals surface area (Å²) in [6.07, 6.45) is 11.2. The predicted octanol–water partition coefficient (Wildman–Crippen LogP) is 3.85. The molecule has 0 unspecified atom stereocenters. The second kappa shape index (κ2) is 10.6. The summed E-state index contributed by atoms with van der Waals surface area (Å²) in [7, 11) is 0. The van der Waals surface area contributed by atoms with Gasteiger partial charge < -0.3 is 15.3 Å². The van der Waals surface area contributed by atoms with E-state index in [-0.39, 0.29) is 36.8 Å². The van der Waals surface area contributed by atoms with Gasteiger partial charge >= 0.3 is 12.0 Å². The number of anilines is 1. The van der Waals surface area contributed by atoms with Crippen LogP contribution in [0.5, 0.6) is 0 Å². The molecule has 0 atom stereocenters. The minimum atomic E-state index is -0.970. The third kappa shape index (κ3) is 6.16. The molecule has 160 valence electrons. The van der Waals surface area contributed by atoms with Gasteiger partial charge in [0.05, 0.1) is 6.42 Å². The number of hydrogen-bond donors (Lipinski definition) is 3. The number of carboxylic acids is 1. The van der Waals surface area contributed by atoms with Crippen LogP contribution in [0.15, 0.2) is 5.38 Å². The van der Waals surface area contributed by atoms with Crippen molar-refractivity contribution < 1.29 is 19.5 Å². The first kappa shape index (κ1) is 21.5. The van der Waals surface area contributed by atoms with Gasteiger partial charge in [-0.3, -0.25) is 14.9 Å². The van der Waals surface area contributed by atoms with Gasteiger partial charge in [0.25, 0.3) is 5.91 Å². The number of aliphatic carboxylic acids is 1. The molecule has 1 aromatic rings. The normalized spacial score (nSPS) is 18.2. The highest BCUT2D eigenvalue weighted by Crippen LogP contribution is 2.31. The topological polar surface area (TPSA) is 112 Å². The van der Waals surface area contributed by atoms with Crippen molar-refractivity contribution in [2.75, 3.05) is 11.9 Å². The van der Waals surface area contributed by atoms with Gasteiger partial charge in [0, 0.05) is 24.0 Å². The Kier molecular flexibility index (Phi) is 7.85. The lowest BCUT2D eigenvalue weighted by atomic mass is 9.89. The van der Waals surface area contributed by atoms with Gasteiger partial charge in [0.1, 0.15) is 5.69 Å². The van der Waals surface area contributed by atoms with E-state index < -0.39 is 11.9 Å². The molecule has 0 spiro atoms. The van der Waals surface area contributed by atoms with Gasteiger partial charge in [-0.15, -0.1) is 11.3 Å². The van der Waals surface area contributed by atoms with E-state index in [9.17, 15) is 14.4 Å². The highest BCUT2D eigenvalue weighted by molar-refractivity contribution is 7.14. The van der Waals surface area contributed by atoms with Crippen LogP contribution >= 0.6 is 11.3 Å². The van der Waals surface area contributed by atoms with Crippen molar-refractivity contribution in [2.45, 2.75) is 82.7 Å². The molecule has 9 heteroatoms. The molecule has 2 saturated carbocycles. The number of carbonyl (C=O) groups is 3. The first-order chi connectivity index (χ1) is 14.0. The summed E-state index contributed by atoms with van der Waals surface area (Å²) < 4.78 is 0. The summed E-state index contributed by atoms with van der Waals surface area (Å²) in [6.45, 7) is 0.0462. The number of nitrogens with zero attached hydrogens (tertiary/aromatic N) is 2. The Labute approximate surface area is 175 Å². The van der Waals surface area contributed by atoms with Crippen molar-refractivity contribution in [3.8, 4) is 0 Å². The van der Waals surface area contributed by atoms with E-state index in [0.29, 0.717) is 5.13 Å². The molecule has 1 aromatic heterocycles. The molecule has 0 radical (unpaired) electrons. The predicted molar refractivity (Wildman–Crippen MR) is 111 cm³/mol. The maximum atomic E-state index is 13.2. The molecule has 3 N–H and O–H groups in total. The Balaban J connectivity index is 1.62. The lowest BCUT2D eigenvalue weighted by molar-refractivity contribution is -0.136. The molecule has 0 aromatic carbocycles. The van der Waals surface area contributed by atoms with Gasteiger partial charge in [0.15, 0.2) is 5.13 Å². The van der Waals surface area contributed by atoms with Crippen molar-refractivity contribution >= 4 is 34.4 Å². The van der Waals surface area contributed by atoms with Gasteiger partial charge in [-0.25, -0.2) is 9.78 Å². The fourth-order valence-corrected chi connectivity index (χ4v) is 4.99. The second-order valence-corrected chi connectivity index (χ2v) is 8.72. The lowest BCUT2D eigenvalue weighted by Crippen LogP contribution is -2.50. The van der Waals surface area contributed by atoms with E-state index in [1.165, 1.54) is 49.9 Å². The smallest absolute Gasteiger partial charge is 0.324 e. The molecule has 0 aliphatic heterocycles. The van der Waals surface area contributed by atoms with Gasteiger partial charge in [-0.1, -0.05) is 38.5 Å². The van der Waals surface area contributed by atoms with Crippen LogP contribution in [-0.4, -0.2) is 51.5 Å². The molecule has 2 fully saturated rings. The Bertz CT molecular complexity index is 693. The minimum absolute atomic E-state index is 0.0462. The Morgan fingerprint density at radius 1 is 1.03 bits per heavy atom. The fourth-order valence-electron chi connectivity index (χ4n) is 4.31. The Morgan fingerprint density at radius 3 is 2.17 bits per heavy atom. The van der Waals surface area contributed by atoms with Gasteiger partial charge in [-0.05, 0) is 25.7 Å². The summed E-state index contributed by atoms with van der Waals surface area (Å²) in [5, 5.41) is 16.1. The average molecular weight is 423 g/mol.